The first-order chi connectivity index (χ1) is 25.6. The standard InChI is InChI=1S/C38H29BrCl2F5N3O5/c39-18-6-9-24(50)22(14-18)26-20-7-8-21-25(34(52)48(33(21)51)19-10-12-47(13-11-19)16-17-4-2-1-3-5-17)23(20)15-37(40)35(53)49(36(54)38(26,37)41)32-30(45)28(43)27(42)29(44)31(32)46/h1-7,9,14,19,21,23,25-26,50H,8,10-13,15-16H2/t21-,23+,25-,26+,37+,38-/m0/s1. The van der Waals surface area contributed by atoms with E-state index in [-0.39, 0.29) is 22.5 Å². The zero-order valence-corrected chi connectivity index (χ0v) is 31.1. The molecule has 4 amide bonds. The van der Waals surface area contributed by atoms with Crippen molar-refractivity contribution in [2.75, 3.05) is 18.0 Å². The topological polar surface area (TPSA) is 98.2 Å². The number of likely N-dealkylation sites (tertiary alicyclic amines) is 2. The van der Waals surface area contributed by atoms with E-state index in [0.717, 1.165) is 5.56 Å². The fourth-order valence-electron chi connectivity index (χ4n) is 9.23. The van der Waals surface area contributed by atoms with Crippen LogP contribution in [0.5, 0.6) is 5.75 Å². The van der Waals surface area contributed by atoms with Crippen molar-refractivity contribution in [3.63, 3.8) is 0 Å². The minimum absolute atomic E-state index is 0.0153. The molecule has 4 fully saturated rings. The smallest absolute Gasteiger partial charge is 0.258 e. The molecule has 3 aromatic carbocycles. The number of alkyl halides is 2. The van der Waals surface area contributed by atoms with Crippen molar-refractivity contribution in [1.29, 1.82) is 0 Å². The number of allylic oxidation sites excluding steroid dienone is 2. The van der Waals surface area contributed by atoms with E-state index in [2.05, 4.69) is 20.8 Å². The van der Waals surface area contributed by atoms with Crippen molar-refractivity contribution in [2.45, 2.75) is 53.9 Å². The summed E-state index contributed by atoms with van der Waals surface area (Å²) in [7, 11) is 0. The Morgan fingerprint density at radius 2 is 1.44 bits per heavy atom. The van der Waals surface area contributed by atoms with Gasteiger partial charge < -0.3 is 5.11 Å². The van der Waals surface area contributed by atoms with Crippen LogP contribution in [0.3, 0.4) is 0 Å². The van der Waals surface area contributed by atoms with Gasteiger partial charge in [-0.1, -0.05) is 57.9 Å². The molecule has 3 saturated heterocycles. The van der Waals surface area contributed by atoms with Crippen LogP contribution in [0.1, 0.15) is 42.7 Å². The van der Waals surface area contributed by atoms with E-state index in [1.807, 2.05) is 30.3 Å². The number of carbonyl (C=O) groups excluding carboxylic acids is 4. The molecule has 54 heavy (non-hydrogen) atoms. The number of benzene rings is 3. The molecule has 5 aliphatic rings. The molecule has 0 radical (unpaired) electrons. The second-order valence-electron chi connectivity index (χ2n) is 14.4. The summed E-state index contributed by atoms with van der Waals surface area (Å²) in [6, 6.07) is 13.5. The van der Waals surface area contributed by atoms with Crippen molar-refractivity contribution < 1.29 is 46.2 Å². The van der Waals surface area contributed by atoms with Crippen molar-refractivity contribution >= 4 is 68.4 Å². The minimum atomic E-state index is -2.73. The maximum atomic E-state index is 15.3. The molecule has 0 bridgehead atoms. The van der Waals surface area contributed by atoms with Crippen molar-refractivity contribution in [3.8, 4) is 5.75 Å². The third-order valence-corrected chi connectivity index (χ3v) is 13.6. The number of piperidine rings is 1. The summed E-state index contributed by atoms with van der Waals surface area (Å²) in [5, 5.41) is 11.2. The highest BCUT2D eigenvalue weighted by Gasteiger charge is 2.77. The number of halogens is 8. The number of aromatic hydroxyl groups is 1. The van der Waals surface area contributed by atoms with Crippen LogP contribution in [0.15, 0.2) is 64.7 Å². The van der Waals surface area contributed by atoms with Gasteiger partial charge in [0.05, 0.1) is 11.8 Å². The first kappa shape index (κ1) is 37.1. The van der Waals surface area contributed by atoms with E-state index in [1.165, 1.54) is 23.1 Å². The molecule has 282 valence electrons. The molecular formula is C38H29BrCl2F5N3O5. The molecule has 0 spiro atoms. The maximum Gasteiger partial charge on any atom is 0.258 e. The number of nitrogens with zero attached hydrogens (tertiary/aromatic N) is 3. The molecule has 16 heteroatoms. The fraction of sp³-hybridized carbons (Fsp3) is 0.368. The molecule has 1 saturated carbocycles. The number of anilines is 1. The van der Waals surface area contributed by atoms with Crippen LogP contribution < -0.4 is 4.90 Å². The van der Waals surface area contributed by atoms with Crippen molar-refractivity contribution in [3.05, 3.63) is 105 Å². The predicted octanol–water partition coefficient (Wildman–Crippen LogP) is 7.08. The molecule has 6 atom stereocenters. The number of amides is 4. The number of phenolic OH excluding ortho intramolecular Hbond substituents is 1. The molecule has 1 N–H and O–H groups in total. The molecule has 2 aliphatic carbocycles. The Morgan fingerprint density at radius 1 is 0.815 bits per heavy atom. The number of imide groups is 2. The first-order valence-corrected chi connectivity index (χ1v) is 18.8. The number of carbonyl (C=O) groups is 4. The number of phenols is 1. The lowest BCUT2D eigenvalue weighted by atomic mass is 9.56. The van der Waals surface area contributed by atoms with Crippen LogP contribution in [0.2, 0.25) is 0 Å². The molecule has 3 heterocycles. The minimum Gasteiger partial charge on any atom is -0.508 e. The van der Waals surface area contributed by atoms with Crippen molar-refractivity contribution in [1.82, 2.24) is 9.80 Å². The van der Waals surface area contributed by atoms with E-state index in [9.17, 15) is 37.5 Å². The third-order valence-electron chi connectivity index (χ3n) is 11.7. The molecule has 3 aromatic rings. The first-order valence-electron chi connectivity index (χ1n) is 17.2. The highest BCUT2D eigenvalue weighted by atomic mass is 79.9. The average molecular weight is 853 g/mol. The lowest BCUT2D eigenvalue weighted by Crippen LogP contribution is -2.60. The molecule has 8 rings (SSSR count). The van der Waals surface area contributed by atoms with E-state index in [0.29, 0.717) is 36.9 Å². The summed E-state index contributed by atoms with van der Waals surface area (Å²) in [6.45, 7) is 1.94. The highest BCUT2D eigenvalue weighted by molar-refractivity contribution is 9.10. The Morgan fingerprint density at radius 3 is 2.09 bits per heavy atom. The summed E-state index contributed by atoms with van der Waals surface area (Å²) in [4.78, 5) is 55.3. The monoisotopic (exact) mass is 851 g/mol. The number of hydrogen-bond donors (Lipinski definition) is 1. The van der Waals surface area contributed by atoms with E-state index >= 15 is 8.78 Å². The van der Waals surface area contributed by atoms with Crippen LogP contribution >= 0.6 is 39.1 Å². The second kappa shape index (κ2) is 13.1. The van der Waals surface area contributed by atoms with Gasteiger partial charge in [0.25, 0.3) is 11.8 Å². The Hall–Kier alpha value is -3.85. The van der Waals surface area contributed by atoms with Gasteiger partial charge in [-0.2, -0.15) is 0 Å². The van der Waals surface area contributed by atoms with Crippen molar-refractivity contribution in [2.24, 2.45) is 17.8 Å². The highest BCUT2D eigenvalue weighted by Crippen LogP contribution is 2.67. The Kier molecular flexibility index (Phi) is 9.02. The third kappa shape index (κ3) is 5.15. The van der Waals surface area contributed by atoms with Gasteiger partial charge in [-0.05, 0) is 55.4 Å². The van der Waals surface area contributed by atoms with Gasteiger partial charge in [0, 0.05) is 41.6 Å². The predicted molar refractivity (Wildman–Crippen MR) is 189 cm³/mol. The average Bonchev–Trinajstić information content (AvgIpc) is 3.49. The van der Waals surface area contributed by atoms with E-state index in [4.69, 9.17) is 23.2 Å². The van der Waals surface area contributed by atoms with Gasteiger partial charge in [-0.15, -0.1) is 23.2 Å². The molecule has 3 aliphatic heterocycles. The van der Waals surface area contributed by atoms with Crippen LogP contribution in [-0.4, -0.2) is 67.4 Å². The van der Waals surface area contributed by atoms with Gasteiger partial charge in [-0.3, -0.25) is 29.0 Å². The van der Waals surface area contributed by atoms with Gasteiger partial charge in [0.1, 0.15) is 11.4 Å². The van der Waals surface area contributed by atoms with Gasteiger partial charge in [0.15, 0.2) is 33.0 Å². The summed E-state index contributed by atoms with van der Waals surface area (Å²) < 4.78 is 74.0. The number of fused-ring (bicyclic) bond motifs is 4. The molecular weight excluding hydrogens is 824 g/mol. The molecule has 0 unspecified atom stereocenters. The molecule has 0 aromatic heterocycles. The summed E-state index contributed by atoms with van der Waals surface area (Å²) in [6.07, 6.45) is 2.03. The SMILES string of the molecule is O=C1[C@H]2[C@H](CC=C3[C@H]2C[C@@]2(Cl)C(=O)N(c4c(F)c(F)c(F)c(F)c4F)C(=O)[C@@]2(Cl)[C@H]3c2cc(Br)ccc2O)C(=O)N1C1CCN(Cc2ccccc2)CC1. The van der Waals surface area contributed by atoms with Gasteiger partial charge >= 0.3 is 0 Å². The normalized spacial score (nSPS) is 30.1. The van der Waals surface area contributed by atoms with Crippen LogP contribution in [0.4, 0.5) is 27.6 Å². The number of hydrogen-bond acceptors (Lipinski definition) is 6. The summed E-state index contributed by atoms with van der Waals surface area (Å²) in [5.74, 6) is -21.4. The number of rotatable bonds is 5. The van der Waals surface area contributed by atoms with Crippen LogP contribution in [0, 0.1) is 46.8 Å². The van der Waals surface area contributed by atoms with E-state index < -0.39 is 110 Å². The molecule has 8 nitrogen and oxygen atoms in total. The second-order valence-corrected chi connectivity index (χ2v) is 16.6. The Balaban J connectivity index is 1.19. The lowest BCUT2D eigenvalue weighted by molar-refractivity contribution is -0.144. The zero-order chi connectivity index (χ0) is 38.6. The maximum absolute atomic E-state index is 15.3. The van der Waals surface area contributed by atoms with Gasteiger partial charge in [-0.25, -0.2) is 26.9 Å². The largest absolute Gasteiger partial charge is 0.508 e. The summed E-state index contributed by atoms with van der Waals surface area (Å²) >= 11 is 17.7. The van der Waals surface area contributed by atoms with Gasteiger partial charge in [0.2, 0.25) is 17.6 Å². The Bertz CT molecular complexity index is 2160. The fourth-order valence-corrected chi connectivity index (χ4v) is 10.5. The van der Waals surface area contributed by atoms with E-state index in [1.54, 1.807) is 6.08 Å². The quantitative estimate of drug-likeness (QED) is 0.0737. The lowest BCUT2D eigenvalue weighted by Gasteiger charge is -2.50. The summed E-state index contributed by atoms with van der Waals surface area (Å²) in [5.41, 5.74) is -0.545. The van der Waals surface area contributed by atoms with Crippen LogP contribution in [0.25, 0.3) is 0 Å². The zero-order valence-electron chi connectivity index (χ0n) is 28.0. The van der Waals surface area contributed by atoms with Crippen LogP contribution in [-0.2, 0) is 25.7 Å². The Labute approximate surface area is 323 Å².